The highest BCUT2D eigenvalue weighted by atomic mass is 32.2. The van der Waals surface area contributed by atoms with E-state index in [4.69, 9.17) is 0 Å². The first-order valence-corrected chi connectivity index (χ1v) is 8.04. The van der Waals surface area contributed by atoms with E-state index in [0.717, 1.165) is 24.4 Å². The molecule has 5 heteroatoms. The lowest BCUT2D eigenvalue weighted by molar-refractivity contribution is 0.0694. The molecule has 0 aliphatic heterocycles. The van der Waals surface area contributed by atoms with E-state index in [1.807, 2.05) is 24.5 Å². The van der Waals surface area contributed by atoms with Gasteiger partial charge in [0.2, 0.25) is 0 Å². The second-order valence-corrected chi connectivity index (χ2v) is 5.89. The molecule has 0 bridgehead atoms. The molecule has 0 saturated carbocycles. The molecule has 1 aromatic carbocycles. The monoisotopic (exact) mass is 296 g/mol. The molecular formula is C15H24N2O2S. The second-order valence-electron chi connectivity index (χ2n) is 5.04. The minimum absolute atomic E-state index is 0.372. The predicted molar refractivity (Wildman–Crippen MR) is 86.1 cm³/mol. The van der Waals surface area contributed by atoms with Gasteiger partial charge < -0.3 is 15.3 Å². The maximum Gasteiger partial charge on any atom is 0.338 e. The van der Waals surface area contributed by atoms with Crippen molar-refractivity contribution in [2.45, 2.75) is 31.2 Å². The Hall–Kier alpha value is -1.20. The van der Waals surface area contributed by atoms with Gasteiger partial charge in [0.25, 0.3) is 0 Å². The lowest BCUT2D eigenvalue weighted by atomic mass is 10.1. The van der Waals surface area contributed by atoms with E-state index in [9.17, 15) is 9.90 Å². The van der Waals surface area contributed by atoms with Crippen LogP contribution >= 0.6 is 11.8 Å². The van der Waals surface area contributed by atoms with Gasteiger partial charge in [-0.3, -0.25) is 0 Å². The van der Waals surface area contributed by atoms with Gasteiger partial charge in [-0.05, 0) is 52.2 Å². The third-order valence-corrected chi connectivity index (χ3v) is 4.12. The maximum atomic E-state index is 11.4. The molecule has 0 aliphatic rings. The number of nitrogens with zero attached hydrogens (tertiary/aromatic N) is 1. The average Bonchev–Trinajstić information content (AvgIpc) is 2.42. The molecule has 0 radical (unpaired) electrons. The first kappa shape index (κ1) is 16.9. The zero-order valence-corrected chi connectivity index (χ0v) is 13.5. The van der Waals surface area contributed by atoms with Crippen LogP contribution < -0.4 is 5.32 Å². The second kappa shape index (κ2) is 8.17. The molecule has 0 aromatic heterocycles. The van der Waals surface area contributed by atoms with E-state index in [0.29, 0.717) is 17.3 Å². The number of carboxylic acids is 1. The maximum absolute atomic E-state index is 11.4. The fraction of sp³-hybridized carbons (Fsp3) is 0.533. The summed E-state index contributed by atoms with van der Waals surface area (Å²) >= 11 is 1.46. The third kappa shape index (κ3) is 4.72. The molecule has 2 N–H and O–H groups in total. The quantitative estimate of drug-likeness (QED) is 0.570. The Morgan fingerprint density at radius 3 is 2.70 bits per heavy atom. The molecular weight excluding hydrogens is 272 g/mol. The number of thioether (sulfide) groups is 1. The van der Waals surface area contributed by atoms with E-state index >= 15 is 0 Å². The van der Waals surface area contributed by atoms with Crippen molar-refractivity contribution in [2.75, 3.05) is 31.7 Å². The van der Waals surface area contributed by atoms with E-state index in [1.165, 1.54) is 11.8 Å². The smallest absolute Gasteiger partial charge is 0.338 e. The Labute approximate surface area is 125 Å². The number of carbonyl (C=O) groups is 1. The Balaban J connectivity index is 2.62. The van der Waals surface area contributed by atoms with Crippen LogP contribution in [-0.4, -0.2) is 48.4 Å². The minimum Gasteiger partial charge on any atom is -0.478 e. The Morgan fingerprint density at radius 1 is 1.45 bits per heavy atom. The lowest BCUT2D eigenvalue weighted by Crippen LogP contribution is -2.28. The van der Waals surface area contributed by atoms with Gasteiger partial charge in [0.05, 0.1) is 5.56 Å². The fourth-order valence-corrected chi connectivity index (χ4v) is 2.49. The number of benzene rings is 1. The van der Waals surface area contributed by atoms with Crippen LogP contribution in [0.3, 0.4) is 0 Å². The number of rotatable bonds is 8. The van der Waals surface area contributed by atoms with Gasteiger partial charge in [0, 0.05) is 23.2 Å². The van der Waals surface area contributed by atoms with Crippen molar-refractivity contribution < 1.29 is 9.90 Å². The zero-order chi connectivity index (χ0) is 15.1. The van der Waals surface area contributed by atoms with Gasteiger partial charge in [-0.25, -0.2) is 4.79 Å². The topological polar surface area (TPSA) is 52.6 Å². The van der Waals surface area contributed by atoms with Crippen LogP contribution in [0.4, 0.5) is 5.69 Å². The fourth-order valence-electron chi connectivity index (χ4n) is 1.88. The molecule has 0 unspecified atom stereocenters. The summed E-state index contributed by atoms with van der Waals surface area (Å²) in [5.74, 6) is -0.878. The van der Waals surface area contributed by atoms with Gasteiger partial charge in [0.1, 0.15) is 0 Å². The summed E-state index contributed by atoms with van der Waals surface area (Å²) in [5, 5.41) is 12.6. The molecule has 0 amide bonds. The number of hydrogen-bond acceptors (Lipinski definition) is 4. The van der Waals surface area contributed by atoms with Gasteiger partial charge in [0.15, 0.2) is 0 Å². The Morgan fingerprint density at radius 2 is 2.15 bits per heavy atom. The normalized spacial score (nSPS) is 11.1. The van der Waals surface area contributed by atoms with E-state index in [2.05, 4.69) is 31.1 Å². The highest BCUT2D eigenvalue weighted by molar-refractivity contribution is 7.98. The lowest BCUT2D eigenvalue weighted by Gasteiger charge is -2.21. The van der Waals surface area contributed by atoms with Gasteiger partial charge in [-0.2, -0.15) is 0 Å². The van der Waals surface area contributed by atoms with Crippen LogP contribution in [0.5, 0.6) is 0 Å². The van der Waals surface area contributed by atoms with Crippen LogP contribution in [0.2, 0.25) is 0 Å². The highest BCUT2D eigenvalue weighted by Crippen LogP contribution is 2.27. The summed E-state index contributed by atoms with van der Waals surface area (Å²) in [6, 6.07) is 6.09. The third-order valence-electron chi connectivity index (χ3n) is 3.34. The SMILES string of the molecule is CSc1cccc(NCCCN(C)C(C)C)c1C(=O)O. The predicted octanol–water partition coefficient (Wildman–Crippen LogP) is 3.25. The molecule has 1 aromatic rings. The molecule has 20 heavy (non-hydrogen) atoms. The molecule has 0 saturated heterocycles. The average molecular weight is 296 g/mol. The van der Waals surface area contributed by atoms with Crippen molar-refractivity contribution >= 4 is 23.4 Å². The Kier molecular flexibility index (Phi) is 6.88. The summed E-state index contributed by atoms with van der Waals surface area (Å²) in [7, 11) is 2.10. The molecule has 0 atom stereocenters. The molecule has 0 aliphatic carbocycles. The van der Waals surface area contributed by atoms with E-state index in [-0.39, 0.29) is 0 Å². The number of carboxylic acid groups (broad SMARTS) is 1. The highest BCUT2D eigenvalue weighted by Gasteiger charge is 2.14. The molecule has 0 fully saturated rings. The molecule has 1 rings (SSSR count). The van der Waals surface area contributed by atoms with Crippen molar-refractivity contribution in [3.05, 3.63) is 23.8 Å². The van der Waals surface area contributed by atoms with Crippen molar-refractivity contribution in [1.82, 2.24) is 4.90 Å². The summed E-state index contributed by atoms with van der Waals surface area (Å²) in [5.41, 5.74) is 1.08. The Bertz CT molecular complexity index is 449. The van der Waals surface area contributed by atoms with Crippen molar-refractivity contribution in [3.8, 4) is 0 Å². The number of aromatic carboxylic acids is 1. The largest absolute Gasteiger partial charge is 0.478 e. The first-order valence-electron chi connectivity index (χ1n) is 6.81. The van der Waals surface area contributed by atoms with E-state index in [1.54, 1.807) is 0 Å². The summed E-state index contributed by atoms with van der Waals surface area (Å²) in [4.78, 5) is 14.4. The molecule has 4 nitrogen and oxygen atoms in total. The summed E-state index contributed by atoms with van der Waals surface area (Å²) in [6.45, 7) is 6.10. The molecule has 0 heterocycles. The van der Waals surface area contributed by atoms with Crippen molar-refractivity contribution in [1.29, 1.82) is 0 Å². The van der Waals surface area contributed by atoms with Gasteiger partial charge in [-0.15, -0.1) is 11.8 Å². The molecule has 0 spiro atoms. The van der Waals surface area contributed by atoms with E-state index < -0.39 is 5.97 Å². The first-order chi connectivity index (χ1) is 9.47. The zero-order valence-electron chi connectivity index (χ0n) is 12.6. The van der Waals surface area contributed by atoms with Crippen LogP contribution in [0, 0.1) is 0 Å². The number of nitrogens with one attached hydrogen (secondary N) is 1. The standard InChI is InChI=1S/C15H24N2O2S/c1-11(2)17(3)10-6-9-16-12-7-5-8-13(20-4)14(12)15(18)19/h5,7-8,11,16H,6,9-10H2,1-4H3,(H,18,19). The van der Waals surface area contributed by atoms with Crippen LogP contribution in [-0.2, 0) is 0 Å². The summed E-state index contributed by atoms with van der Waals surface area (Å²) < 4.78 is 0. The van der Waals surface area contributed by atoms with Crippen LogP contribution in [0.1, 0.15) is 30.6 Å². The minimum atomic E-state index is -0.878. The summed E-state index contributed by atoms with van der Waals surface area (Å²) in [6.07, 6.45) is 2.88. The van der Waals surface area contributed by atoms with Gasteiger partial charge >= 0.3 is 5.97 Å². The van der Waals surface area contributed by atoms with Gasteiger partial charge in [-0.1, -0.05) is 6.07 Å². The molecule has 112 valence electrons. The van der Waals surface area contributed by atoms with Crippen LogP contribution in [0.25, 0.3) is 0 Å². The number of anilines is 1. The number of hydrogen-bond donors (Lipinski definition) is 2. The van der Waals surface area contributed by atoms with Crippen molar-refractivity contribution in [3.63, 3.8) is 0 Å². The van der Waals surface area contributed by atoms with Crippen molar-refractivity contribution in [2.24, 2.45) is 0 Å². The van der Waals surface area contributed by atoms with Crippen LogP contribution in [0.15, 0.2) is 23.1 Å².